The molecule has 0 heterocycles. The molecule has 0 fully saturated rings. The largest absolute Gasteiger partial charge is 0.385 e. The minimum atomic E-state index is -10.7. The molecule has 0 aliphatic heterocycles. The van der Waals surface area contributed by atoms with Gasteiger partial charge in [-0.25, -0.2) is 0 Å². The Balaban J connectivity index is 0.000000345. The zero-order valence-corrected chi connectivity index (χ0v) is 15.0. The van der Waals surface area contributed by atoms with Crippen molar-refractivity contribution in [1.82, 2.24) is 0 Å². The third-order valence-electron chi connectivity index (χ3n) is 3.25. The van der Waals surface area contributed by atoms with E-state index >= 15 is 0 Å². The van der Waals surface area contributed by atoms with Crippen molar-refractivity contribution in [3.05, 3.63) is 89.9 Å². The van der Waals surface area contributed by atoms with Crippen LogP contribution < -0.4 is 4.90 Å². The van der Waals surface area contributed by atoms with Gasteiger partial charge in [0.15, 0.2) is 4.98 Å². The van der Waals surface area contributed by atoms with Gasteiger partial charge in [0, 0.05) is 29.2 Å². The van der Waals surface area contributed by atoms with Gasteiger partial charge in [0.2, 0.25) is 5.39 Å². The molecule has 0 amide bonds. The summed E-state index contributed by atoms with van der Waals surface area (Å²) in [5, 5.41) is 8.81. The van der Waals surface area contributed by atoms with E-state index in [1.165, 1.54) is 0 Å². The van der Waals surface area contributed by atoms with Crippen LogP contribution in [-0.2, 0) is 0 Å². The predicted molar refractivity (Wildman–Crippen MR) is 99.4 cm³/mol. The number of rotatable bonds is 3. The van der Waals surface area contributed by atoms with Crippen LogP contribution in [0.2, 0.25) is 0 Å². The first-order valence-corrected chi connectivity index (χ1v) is 9.78. The molecule has 0 aromatic heterocycles. The normalized spacial score (nSPS) is 13.2. The van der Waals surface area contributed by atoms with Gasteiger partial charge >= 0.3 is 38.7 Å². The fourth-order valence-electron chi connectivity index (χ4n) is 2.27. The first-order valence-electron chi connectivity index (χ1n) is 7.75. The monoisotopic (exact) mass is 417 g/mol. The molecule has 3 rings (SSSR count). The van der Waals surface area contributed by atoms with E-state index in [1.807, 2.05) is 48.5 Å². The van der Waals surface area contributed by atoms with Crippen LogP contribution >= 0.6 is 7.81 Å². The quantitative estimate of drug-likeness (QED) is 0.242. The molecule has 0 bridgehead atoms. The second-order valence-electron chi connectivity index (χ2n) is 5.58. The first-order chi connectivity index (χ1) is 12.8. The Hall–Kier alpha value is -3.11. The third kappa shape index (κ3) is 8.06. The Morgan fingerprint density at radius 1 is 0.571 bits per heavy atom. The summed E-state index contributed by atoms with van der Waals surface area (Å²) in [5.41, 5.74) is 3.72. The number of nitrogens with zero attached hydrogens (tertiary/aromatic N) is 3. The fourth-order valence-corrected chi connectivity index (χ4v) is 2.27. The molecular weight excluding hydrogens is 403 g/mol. The van der Waals surface area contributed by atoms with E-state index in [1.54, 1.807) is 12.1 Å². The summed E-state index contributed by atoms with van der Waals surface area (Å²) in [5.74, 6) is 0. The van der Waals surface area contributed by atoms with Crippen molar-refractivity contribution in [2.45, 2.75) is 0 Å². The molecule has 0 spiro atoms. The smallest absolute Gasteiger partial charge is 0.310 e. The molecule has 0 N–H and O–H groups in total. The molecule has 0 atom stereocenters. The summed E-state index contributed by atoms with van der Waals surface area (Å²) in [4.78, 5) is 5.35. The van der Waals surface area contributed by atoms with Crippen molar-refractivity contribution in [2.75, 3.05) is 4.90 Å². The summed E-state index contributed by atoms with van der Waals surface area (Å²) in [6.45, 7) is 0. The van der Waals surface area contributed by atoms with Gasteiger partial charge in [0.1, 0.15) is 0 Å². The number of anilines is 3. The number of hydrogen-bond acceptors (Lipinski definition) is 2. The molecule has 10 heteroatoms. The molecule has 3 nitrogen and oxygen atoms in total. The first kappa shape index (κ1) is 21.2. The van der Waals surface area contributed by atoms with Crippen LogP contribution in [0.5, 0.6) is 0 Å². The number of halogens is 6. The number of para-hydroxylation sites is 2. The van der Waals surface area contributed by atoms with Crippen molar-refractivity contribution in [3.8, 4) is 0 Å². The van der Waals surface area contributed by atoms with Gasteiger partial charge in [0.05, 0.1) is 0 Å². The van der Waals surface area contributed by atoms with Gasteiger partial charge in [-0.2, -0.15) is 0 Å². The second kappa shape index (κ2) is 7.13. The molecule has 28 heavy (non-hydrogen) atoms. The van der Waals surface area contributed by atoms with Crippen molar-refractivity contribution < 1.29 is 25.2 Å². The van der Waals surface area contributed by atoms with Crippen molar-refractivity contribution in [2.24, 2.45) is 0 Å². The summed E-state index contributed by atoms with van der Waals surface area (Å²) >= 11 is 0. The molecule has 3 aromatic carbocycles. The van der Waals surface area contributed by atoms with E-state index in [-0.39, 0.29) is 0 Å². The molecule has 148 valence electrons. The van der Waals surface area contributed by atoms with Crippen LogP contribution in [0.25, 0.3) is 4.98 Å². The van der Waals surface area contributed by atoms with Crippen LogP contribution in [0.1, 0.15) is 0 Å². The topological polar surface area (TPSA) is 31.4 Å². The maximum absolute atomic E-state index is 10.7. The molecule has 0 saturated heterocycles. The van der Waals surface area contributed by atoms with E-state index in [0.29, 0.717) is 5.69 Å². The van der Waals surface area contributed by atoms with Crippen molar-refractivity contribution >= 4 is 30.6 Å². The average molecular weight is 417 g/mol. The van der Waals surface area contributed by atoms with Crippen molar-refractivity contribution in [1.29, 1.82) is 5.39 Å². The maximum atomic E-state index is 9.87. The SMILES string of the molecule is F[P-](F)(F)(F)(F)F.N#[N+]c1ccc(N(c2ccccc2)c2ccccc2)cc1. The van der Waals surface area contributed by atoms with Gasteiger partial charge in [-0.15, -0.1) is 0 Å². The molecule has 0 saturated carbocycles. The Labute approximate surface area is 156 Å². The van der Waals surface area contributed by atoms with Gasteiger partial charge in [-0.3, -0.25) is 0 Å². The molecule has 0 radical (unpaired) electrons. The van der Waals surface area contributed by atoms with E-state index < -0.39 is 7.81 Å². The second-order valence-corrected chi connectivity index (χ2v) is 7.50. The zero-order valence-electron chi connectivity index (χ0n) is 14.1. The summed E-state index contributed by atoms with van der Waals surface area (Å²) in [6, 6.07) is 27.8. The molecule has 0 unspecified atom stereocenters. The standard InChI is InChI=1S/C18H14N3.F6P/c19-20-15-11-13-18(14-12-15)21(16-7-3-1-4-8-16)17-9-5-2-6-10-17;1-7(2,3,4,5)6/h1-14H;/q+1;-1. The van der Waals surface area contributed by atoms with Gasteiger partial charge in [-0.05, 0) is 36.4 Å². The third-order valence-corrected chi connectivity index (χ3v) is 3.25. The molecule has 0 aliphatic carbocycles. The Bertz CT molecular complexity index is 903. The van der Waals surface area contributed by atoms with Crippen LogP contribution in [0.3, 0.4) is 0 Å². The van der Waals surface area contributed by atoms with Crippen LogP contribution in [-0.4, -0.2) is 0 Å². The van der Waals surface area contributed by atoms with E-state index in [4.69, 9.17) is 5.39 Å². The van der Waals surface area contributed by atoms with E-state index in [2.05, 4.69) is 34.1 Å². The van der Waals surface area contributed by atoms with Gasteiger partial charge in [-0.1, -0.05) is 36.4 Å². The molecule has 3 aromatic rings. The number of hydrogen-bond donors (Lipinski definition) is 0. The summed E-state index contributed by atoms with van der Waals surface area (Å²) in [6.07, 6.45) is 0. The fraction of sp³-hybridized carbons (Fsp3) is 0. The Morgan fingerprint density at radius 3 is 1.21 bits per heavy atom. The zero-order chi connectivity index (χ0) is 20.9. The van der Waals surface area contributed by atoms with E-state index in [0.717, 1.165) is 17.1 Å². The Morgan fingerprint density at radius 2 is 0.893 bits per heavy atom. The summed E-state index contributed by atoms with van der Waals surface area (Å²) < 4.78 is 59.2. The average Bonchev–Trinajstić information content (AvgIpc) is 2.62. The maximum Gasteiger partial charge on any atom is 0.385 e. The summed E-state index contributed by atoms with van der Waals surface area (Å²) in [7, 11) is -10.7. The van der Waals surface area contributed by atoms with Gasteiger partial charge < -0.3 is 4.90 Å². The number of benzene rings is 3. The van der Waals surface area contributed by atoms with Crippen LogP contribution in [0, 0.1) is 5.39 Å². The van der Waals surface area contributed by atoms with E-state index in [9.17, 15) is 25.2 Å². The Kier molecular flexibility index (Phi) is 5.40. The van der Waals surface area contributed by atoms with Crippen LogP contribution in [0.15, 0.2) is 84.9 Å². The predicted octanol–water partition coefficient (Wildman–Crippen LogP) is 9.02. The molecule has 0 aliphatic rings. The minimum Gasteiger partial charge on any atom is -0.310 e. The van der Waals surface area contributed by atoms with Crippen molar-refractivity contribution in [3.63, 3.8) is 0 Å². The number of diazo groups is 1. The van der Waals surface area contributed by atoms with Crippen LogP contribution in [0.4, 0.5) is 47.9 Å². The minimum absolute atomic E-state index is 0.542. The van der Waals surface area contributed by atoms with Gasteiger partial charge in [0.25, 0.3) is 0 Å². The molecular formula is C18H14F6N3P.